The number of nitrogens with one attached hydrogen (secondary N) is 2. The molecule has 3 N–H and O–H groups in total. The average Bonchev–Trinajstić information content (AvgIpc) is 2.91. The number of imidazole rings is 1. The van der Waals surface area contributed by atoms with Crippen molar-refractivity contribution in [3.63, 3.8) is 0 Å². The molecule has 21 heavy (non-hydrogen) atoms. The predicted octanol–water partition coefficient (Wildman–Crippen LogP) is 2.41. The van der Waals surface area contributed by atoms with Crippen molar-refractivity contribution in [3.8, 4) is 5.75 Å². The largest absolute Gasteiger partial charge is 0.492 e. The number of amides is 1. The van der Waals surface area contributed by atoms with E-state index in [0.717, 1.165) is 6.33 Å². The van der Waals surface area contributed by atoms with Crippen molar-refractivity contribution >= 4 is 29.2 Å². The summed E-state index contributed by atoms with van der Waals surface area (Å²) in [6.45, 7) is 2.21. The van der Waals surface area contributed by atoms with E-state index >= 15 is 0 Å². The first-order valence-corrected chi connectivity index (χ1v) is 6.41. The molecule has 0 atom stereocenters. The van der Waals surface area contributed by atoms with Crippen LogP contribution in [0.2, 0.25) is 5.02 Å². The van der Waals surface area contributed by atoms with Crippen molar-refractivity contribution in [2.45, 2.75) is 6.92 Å². The Bertz CT molecular complexity index is 684. The van der Waals surface area contributed by atoms with Gasteiger partial charge < -0.3 is 20.1 Å². The molecule has 0 spiro atoms. The van der Waals surface area contributed by atoms with E-state index in [-0.39, 0.29) is 11.4 Å². The highest BCUT2D eigenvalue weighted by Crippen LogP contribution is 2.28. The molecule has 0 radical (unpaired) electrons. The molecule has 0 aliphatic carbocycles. The van der Waals surface area contributed by atoms with Crippen LogP contribution in [-0.4, -0.2) is 33.6 Å². The maximum Gasteiger partial charge on any atom is 0.354 e. The molecule has 0 saturated heterocycles. The number of halogens is 1. The van der Waals surface area contributed by atoms with Gasteiger partial charge in [-0.15, -0.1) is 0 Å². The zero-order chi connectivity index (χ0) is 15.4. The molecule has 2 aromatic rings. The van der Waals surface area contributed by atoms with Gasteiger partial charge in [-0.05, 0) is 25.1 Å². The maximum atomic E-state index is 12.1. The lowest BCUT2D eigenvalue weighted by atomic mass is 10.2. The summed E-state index contributed by atoms with van der Waals surface area (Å²) in [5, 5.41) is 11.9. The van der Waals surface area contributed by atoms with E-state index in [4.69, 9.17) is 21.4 Å². The number of hydrogen-bond donors (Lipinski definition) is 3. The molecule has 110 valence electrons. The lowest BCUT2D eigenvalue weighted by Crippen LogP contribution is -2.17. The minimum atomic E-state index is -1.27. The maximum absolute atomic E-state index is 12.1. The van der Waals surface area contributed by atoms with Gasteiger partial charge in [0.1, 0.15) is 5.75 Å². The molecule has 0 aliphatic rings. The minimum absolute atomic E-state index is 0.218. The molecular formula is C13H12ClN3O4. The minimum Gasteiger partial charge on any atom is -0.492 e. The third-order valence-corrected chi connectivity index (χ3v) is 2.79. The van der Waals surface area contributed by atoms with Crippen molar-refractivity contribution in [3.05, 3.63) is 40.9 Å². The van der Waals surface area contributed by atoms with Crippen LogP contribution in [0.15, 0.2) is 24.5 Å². The van der Waals surface area contributed by atoms with Crippen LogP contribution in [0.5, 0.6) is 5.75 Å². The van der Waals surface area contributed by atoms with Gasteiger partial charge in [0.25, 0.3) is 5.91 Å². The van der Waals surface area contributed by atoms with Crippen LogP contribution in [0, 0.1) is 0 Å². The zero-order valence-corrected chi connectivity index (χ0v) is 11.8. The Morgan fingerprint density at radius 3 is 2.90 bits per heavy atom. The lowest BCUT2D eigenvalue weighted by Gasteiger charge is -2.11. The number of anilines is 1. The van der Waals surface area contributed by atoms with Crippen molar-refractivity contribution in [1.82, 2.24) is 9.97 Å². The Morgan fingerprint density at radius 1 is 1.48 bits per heavy atom. The highest BCUT2D eigenvalue weighted by atomic mass is 35.5. The predicted molar refractivity (Wildman–Crippen MR) is 76.1 cm³/mol. The van der Waals surface area contributed by atoms with Gasteiger partial charge in [0.2, 0.25) is 0 Å². The molecular weight excluding hydrogens is 298 g/mol. The number of aromatic carboxylic acids is 1. The summed E-state index contributed by atoms with van der Waals surface area (Å²) >= 11 is 5.88. The van der Waals surface area contributed by atoms with E-state index < -0.39 is 11.9 Å². The van der Waals surface area contributed by atoms with Gasteiger partial charge >= 0.3 is 5.97 Å². The van der Waals surface area contributed by atoms with Gasteiger partial charge in [0.05, 0.1) is 18.6 Å². The number of aromatic nitrogens is 2. The number of rotatable bonds is 5. The fourth-order valence-corrected chi connectivity index (χ4v) is 1.86. The molecule has 2 rings (SSSR count). The highest BCUT2D eigenvalue weighted by molar-refractivity contribution is 6.31. The van der Waals surface area contributed by atoms with E-state index in [0.29, 0.717) is 23.1 Å². The molecule has 0 aliphatic heterocycles. The Morgan fingerprint density at radius 2 is 2.24 bits per heavy atom. The third-order valence-electron chi connectivity index (χ3n) is 2.56. The highest BCUT2D eigenvalue weighted by Gasteiger charge is 2.20. The van der Waals surface area contributed by atoms with Gasteiger partial charge in [-0.2, -0.15) is 0 Å². The second kappa shape index (κ2) is 6.27. The van der Waals surface area contributed by atoms with Crippen LogP contribution in [-0.2, 0) is 0 Å². The number of carbonyl (C=O) groups is 2. The number of carboxylic acid groups (broad SMARTS) is 1. The van der Waals surface area contributed by atoms with Crippen LogP contribution in [0.4, 0.5) is 5.69 Å². The van der Waals surface area contributed by atoms with Gasteiger partial charge in [-0.25, -0.2) is 9.78 Å². The van der Waals surface area contributed by atoms with Crippen molar-refractivity contribution in [2.75, 3.05) is 11.9 Å². The number of benzene rings is 1. The first-order chi connectivity index (χ1) is 10.0. The Hall–Kier alpha value is -2.54. The average molecular weight is 310 g/mol. The first kappa shape index (κ1) is 14.9. The molecule has 8 heteroatoms. The summed E-state index contributed by atoms with van der Waals surface area (Å²) in [5.74, 6) is -1.51. The van der Waals surface area contributed by atoms with Gasteiger partial charge in [0, 0.05) is 5.02 Å². The summed E-state index contributed by atoms with van der Waals surface area (Å²) in [6, 6.07) is 4.75. The number of carbonyl (C=O) groups excluding carboxylic acids is 1. The fraction of sp³-hybridized carbons (Fsp3) is 0.154. The standard InChI is InChI=1S/C13H12ClN3O4/c1-2-21-9-4-3-7(14)5-8(9)17-12(18)10-11(13(19)20)16-6-15-10/h3-6H,2H2,1H3,(H,15,16)(H,17,18)(H,19,20). The summed E-state index contributed by atoms with van der Waals surface area (Å²) in [4.78, 5) is 29.2. The summed E-state index contributed by atoms with van der Waals surface area (Å²) in [6.07, 6.45) is 1.14. The number of ether oxygens (including phenoxy) is 1. The molecule has 1 aromatic heterocycles. The Balaban J connectivity index is 2.29. The van der Waals surface area contributed by atoms with Gasteiger partial charge in [-0.3, -0.25) is 4.79 Å². The smallest absolute Gasteiger partial charge is 0.354 e. The summed E-state index contributed by atoms with van der Waals surface area (Å²) in [7, 11) is 0. The van der Waals surface area contributed by atoms with Crippen molar-refractivity contribution < 1.29 is 19.4 Å². The molecule has 1 heterocycles. The van der Waals surface area contributed by atoms with Crippen molar-refractivity contribution in [2.24, 2.45) is 0 Å². The summed E-state index contributed by atoms with van der Waals surface area (Å²) < 4.78 is 5.37. The normalized spacial score (nSPS) is 10.2. The number of H-pyrrole nitrogens is 1. The molecule has 7 nitrogen and oxygen atoms in total. The molecule has 0 saturated carbocycles. The van der Waals surface area contributed by atoms with Crippen molar-refractivity contribution in [1.29, 1.82) is 0 Å². The molecule has 0 fully saturated rings. The van der Waals surface area contributed by atoms with E-state index in [1.807, 2.05) is 0 Å². The van der Waals surface area contributed by atoms with Crippen LogP contribution in [0.3, 0.4) is 0 Å². The van der Waals surface area contributed by atoms with Crippen LogP contribution in [0.25, 0.3) is 0 Å². The quantitative estimate of drug-likeness (QED) is 0.786. The molecule has 0 unspecified atom stereocenters. The fourth-order valence-electron chi connectivity index (χ4n) is 1.69. The zero-order valence-electron chi connectivity index (χ0n) is 11.0. The Labute approximate surface area is 124 Å². The van der Waals surface area contributed by atoms with Crippen LogP contribution >= 0.6 is 11.6 Å². The molecule has 1 amide bonds. The topological polar surface area (TPSA) is 104 Å². The number of hydrogen-bond acceptors (Lipinski definition) is 4. The van der Waals surface area contributed by atoms with Gasteiger partial charge in [-0.1, -0.05) is 11.6 Å². The summed E-state index contributed by atoms with van der Waals surface area (Å²) in [5.41, 5.74) is -0.161. The number of aromatic amines is 1. The number of carboxylic acids is 1. The molecule has 0 bridgehead atoms. The molecule has 1 aromatic carbocycles. The monoisotopic (exact) mass is 309 g/mol. The first-order valence-electron chi connectivity index (χ1n) is 6.03. The van der Waals surface area contributed by atoms with E-state index in [1.165, 1.54) is 6.07 Å². The van der Waals surface area contributed by atoms with Crippen LogP contribution < -0.4 is 10.1 Å². The number of nitrogens with zero attached hydrogens (tertiary/aromatic N) is 1. The second-order valence-corrected chi connectivity index (χ2v) is 4.40. The lowest BCUT2D eigenvalue weighted by molar-refractivity contribution is 0.0686. The van der Waals surface area contributed by atoms with E-state index in [2.05, 4.69) is 15.3 Å². The third kappa shape index (κ3) is 3.32. The van der Waals surface area contributed by atoms with E-state index in [1.54, 1.807) is 19.1 Å². The van der Waals surface area contributed by atoms with Crippen LogP contribution in [0.1, 0.15) is 27.9 Å². The SMILES string of the molecule is CCOc1ccc(Cl)cc1NC(=O)c1nc[nH]c1C(=O)O. The van der Waals surface area contributed by atoms with E-state index in [9.17, 15) is 9.59 Å². The Kier molecular flexibility index (Phi) is 4.44. The second-order valence-electron chi connectivity index (χ2n) is 3.96. The van der Waals surface area contributed by atoms with Gasteiger partial charge in [0.15, 0.2) is 11.4 Å².